The molecule has 0 aliphatic carbocycles. The number of phosphoric ester groups is 1. The molecule has 3 aromatic rings. The minimum atomic E-state index is -4.49. The van der Waals surface area contributed by atoms with Crippen molar-refractivity contribution in [1.82, 2.24) is 9.88 Å². The maximum atomic E-state index is 13.6. The quantitative estimate of drug-likeness (QED) is 0.0249. The number of rotatable bonds is 35. The van der Waals surface area contributed by atoms with Crippen LogP contribution in [0.2, 0.25) is 5.02 Å². The first-order chi connectivity index (χ1) is 31.5. The average molecular weight is 964 g/mol. The van der Waals surface area contributed by atoms with Crippen molar-refractivity contribution in [3.63, 3.8) is 0 Å². The second-order valence-corrected chi connectivity index (χ2v) is 20.1. The van der Waals surface area contributed by atoms with Gasteiger partial charge in [-0.3, -0.25) is 32.8 Å². The predicted octanol–water partition coefficient (Wildman–Crippen LogP) is 10.7. The Morgan fingerprint density at radius 1 is 0.773 bits per heavy atom. The summed E-state index contributed by atoms with van der Waals surface area (Å²) in [5, 5.41) is 4.13. The zero-order chi connectivity index (χ0) is 48.4. The van der Waals surface area contributed by atoms with Crippen LogP contribution in [0, 0.1) is 6.92 Å². The number of hydrogen-bond donors (Lipinski definition) is 2. The maximum Gasteiger partial charge on any atom is 0.472 e. The second kappa shape index (κ2) is 30.6. The largest absolute Gasteiger partial charge is 0.497 e. The fourth-order valence-electron chi connectivity index (χ4n) is 7.55. The Morgan fingerprint density at radius 3 is 1.94 bits per heavy atom. The van der Waals surface area contributed by atoms with Gasteiger partial charge in [0.05, 0.1) is 46.8 Å². The average Bonchev–Trinajstić information content (AvgIpc) is 3.54. The Hall–Kier alpha value is -3.78. The van der Waals surface area contributed by atoms with E-state index in [0.717, 1.165) is 24.6 Å². The number of aromatic nitrogens is 1. The first kappa shape index (κ1) is 56.5. The van der Waals surface area contributed by atoms with E-state index in [-0.39, 0.29) is 50.8 Å². The van der Waals surface area contributed by atoms with E-state index in [1.54, 1.807) is 55.0 Å². The third-order valence-electron chi connectivity index (χ3n) is 11.5. The van der Waals surface area contributed by atoms with Crippen LogP contribution in [0.3, 0.4) is 0 Å². The number of benzene rings is 2. The van der Waals surface area contributed by atoms with Crippen molar-refractivity contribution in [1.29, 1.82) is 0 Å². The fraction of sp³-hybridized carbons (Fsp3) is 0.640. The molecule has 0 saturated carbocycles. The SMILES string of the molecule is CCCCCCCCCCCCCCCCCC(=O)OC[C@H](COP(=O)(O)OCC[N+](C)(C)C)OC(=O)CCCCNC(=O)Cc1c(C)n(C(=O)c2ccc(Cl)cc2)c2ccc(OC)cc12. The number of unbranched alkanes of at least 4 members (excludes halogenated alkanes) is 15. The van der Waals surface area contributed by atoms with E-state index in [4.69, 9.17) is 34.9 Å². The molecule has 0 radical (unpaired) electrons. The highest BCUT2D eigenvalue weighted by atomic mass is 35.5. The number of methoxy groups -OCH3 is 1. The molecule has 0 fully saturated rings. The van der Waals surface area contributed by atoms with Crippen molar-refractivity contribution in [2.24, 2.45) is 0 Å². The molecule has 370 valence electrons. The van der Waals surface area contributed by atoms with Crippen molar-refractivity contribution in [2.75, 3.05) is 61.2 Å². The van der Waals surface area contributed by atoms with E-state index in [2.05, 4.69) is 12.2 Å². The number of phosphoric acid groups is 1. The maximum absolute atomic E-state index is 13.6. The summed E-state index contributed by atoms with van der Waals surface area (Å²) in [4.78, 5) is 62.7. The summed E-state index contributed by atoms with van der Waals surface area (Å²) in [6.45, 7) is 3.89. The molecule has 2 aromatic carbocycles. The topological polar surface area (TPSA) is 169 Å². The van der Waals surface area contributed by atoms with Crippen LogP contribution in [0.15, 0.2) is 42.5 Å². The molecule has 66 heavy (non-hydrogen) atoms. The van der Waals surface area contributed by atoms with Crippen molar-refractivity contribution in [3.8, 4) is 5.75 Å². The second-order valence-electron chi connectivity index (χ2n) is 18.2. The zero-order valence-corrected chi connectivity index (χ0v) is 42.2. The van der Waals surface area contributed by atoms with Gasteiger partial charge in [0.15, 0.2) is 6.10 Å². The number of halogens is 1. The first-order valence-electron chi connectivity index (χ1n) is 24.1. The van der Waals surface area contributed by atoms with Gasteiger partial charge in [-0.05, 0) is 74.2 Å². The van der Waals surface area contributed by atoms with Crippen LogP contribution in [0.25, 0.3) is 10.9 Å². The molecule has 1 aromatic heterocycles. The Labute approximate surface area is 398 Å². The predicted molar refractivity (Wildman–Crippen MR) is 260 cm³/mol. The van der Waals surface area contributed by atoms with Gasteiger partial charge in [0.1, 0.15) is 25.5 Å². The number of hydrogen-bond acceptors (Lipinski definition) is 10. The molecule has 2 atom stereocenters. The molecule has 1 unspecified atom stereocenters. The monoisotopic (exact) mass is 963 g/mol. The lowest BCUT2D eigenvalue weighted by Gasteiger charge is -2.24. The van der Waals surface area contributed by atoms with Crippen molar-refractivity contribution < 1.29 is 56.4 Å². The Morgan fingerprint density at radius 2 is 1.35 bits per heavy atom. The molecule has 1 amide bonds. The summed E-state index contributed by atoms with van der Waals surface area (Å²) < 4.78 is 41.4. The minimum Gasteiger partial charge on any atom is -0.497 e. The van der Waals surface area contributed by atoms with Gasteiger partial charge in [0.25, 0.3) is 5.91 Å². The summed E-state index contributed by atoms with van der Waals surface area (Å²) in [5.74, 6) is -0.991. The lowest BCUT2D eigenvalue weighted by molar-refractivity contribution is -0.870. The Kier molecular flexibility index (Phi) is 26.2. The van der Waals surface area contributed by atoms with Gasteiger partial charge in [-0.15, -0.1) is 0 Å². The minimum absolute atomic E-state index is 0.00599. The van der Waals surface area contributed by atoms with E-state index in [1.165, 1.54) is 70.6 Å². The van der Waals surface area contributed by atoms with Gasteiger partial charge in [-0.1, -0.05) is 108 Å². The first-order valence-corrected chi connectivity index (χ1v) is 25.9. The Balaban J connectivity index is 1.44. The Bertz CT molecular complexity index is 1980. The molecule has 14 nitrogen and oxygen atoms in total. The molecule has 2 N–H and O–H groups in total. The fourth-order valence-corrected chi connectivity index (χ4v) is 8.41. The van der Waals surface area contributed by atoms with Crippen molar-refractivity contribution in [2.45, 2.75) is 148 Å². The summed E-state index contributed by atoms with van der Waals surface area (Å²) in [6, 6.07) is 12.0. The standard InChI is InChI=1S/C50H77ClN3O11P/c1-7-8-9-10-11-12-13-14-15-16-17-18-19-20-21-24-48(56)62-37-43(38-64-66(59,60)63-34-33-54(3,4)5)65-49(57)25-22-23-32-52-47(55)36-44-39(2)53(46-31-30-42(61-6)35-45(44)46)50(58)40-26-28-41(51)29-27-40/h26-31,35,43H,7-25,32-34,36-38H2,1-6H3,(H-,52,55,59,60)/p+1/t43-/m1/s1. The molecule has 3 rings (SSSR count). The van der Waals surface area contributed by atoms with Crippen LogP contribution in [0.1, 0.15) is 151 Å². The van der Waals surface area contributed by atoms with E-state index in [1.807, 2.05) is 27.2 Å². The van der Waals surface area contributed by atoms with E-state index < -0.39 is 32.5 Å². The van der Waals surface area contributed by atoms with Crippen LogP contribution in [-0.2, 0) is 43.9 Å². The number of nitrogens with one attached hydrogen (secondary N) is 1. The zero-order valence-electron chi connectivity index (χ0n) is 40.5. The number of carbonyl (C=O) groups is 4. The lowest BCUT2D eigenvalue weighted by atomic mass is 10.0. The van der Waals surface area contributed by atoms with Crippen LogP contribution in [-0.4, -0.2) is 105 Å². The van der Waals surface area contributed by atoms with E-state index in [9.17, 15) is 28.6 Å². The summed E-state index contributed by atoms with van der Waals surface area (Å²) in [5.41, 5.74) is 2.40. The molecule has 0 bridgehead atoms. The highest BCUT2D eigenvalue weighted by molar-refractivity contribution is 7.47. The molecule has 16 heteroatoms. The number of fused-ring (bicyclic) bond motifs is 1. The summed E-state index contributed by atoms with van der Waals surface area (Å²) in [7, 11) is 2.81. The van der Waals surface area contributed by atoms with Gasteiger partial charge in [-0.2, -0.15) is 0 Å². The molecule has 1 heterocycles. The third kappa shape index (κ3) is 22.3. The number of esters is 2. The van der Waals surface area contributed by atoms with Crippen LogP contribution < -0.4 is 10.1 Å². The third-order valence-corrected chi connectivity index (χ3v) is 12.7. The summed E-state index contributed by atoms with van der Waals surface area (Å²) in [6.07, 6.45) is 18.1. The number of ether oxygens (including phenoxy) is 3. The summed E-state index contributed by atoms with van der Waals surface area (Å²) >= 11 is 6.06. The van der Waals surface area contributed by atoms with Gasteiger partial charge >= 0.3 is 19.8 Å². The smallest absolute Gasteiger partial charge is 0.472 e. The van der Waals surface area contributed by atoms with E-state index in [0.29, 0.717) is 63.4 Å². The van der Waals surface area contributed by atoms with Gasteiger partial charge in [0.2, 0.25) is 5.91 Å². The van der Waals surface area contributed by atoms with Crippen molar-refractivity contribution >= 4 is 54.1 Å². The number of likely N-dealkylation sites (N-methyl/N-ethyl adjacent to an activating group) is 1. The highest BCUT2D eigenvalue weighted by Gasteiger charge is 2.27. The molecule has 0 spiro atoms. The van der Waals surface area contributed by atoms with Gasteiger partial charge in [0, 0.05) is 41.1 Å². The number of carbonyl (C=O) groups excluding carboxylic acids is 4. The van der Waals surface area contributed by atoms with Crippen LogP contribution in [0.5, 0.6) is 5.75 Å². The molecule has 0 saturated heterocycles. The molecular weight excluding hydrogens is 885 g/mol. The van der Waals surface area contributed by atoms with Gasteiger partial charge in [-0.25, -0.2) is 4.57 Å². The molecular formula is C50H78ClN3O11P+. The number of nitrogens with zero attached hydrogens (tertiary/aromatic N) is 2. The highest BCUT2D eigenvalue weighted by Crippen LogP contribution is 2.43. The van der Waals surface area contributed by atoms with Crippen LogP contribution in [0.4, 0.5) is 0 Å². The van der Waals surface area contributed by atoms with Crippen LogP contribution >= 0.6 is 19.4 Å². The lowest BCUT2D eigenvalue weighted by Crippen LogP contribution is -2.37. The van der Waals surface area contributed by atoms with E-state index >= 15 is 0 Å². The van der Waals surface area contributed by atoms with Crippen molar-refractivity contribution in [3.05, 3.63) is 64.3 Å². The number of quaternary nitrogens is 1. The number of amides is 1. The van der Waals surface area contributed by atoms with Gasteiger partial charge < -0.3 is 28.9 Å². The molecule has 0 aliphatic heterocycles. The molecule has 0 aliphatic rings. The normalized spacial score (nSPS) is 13.0.